The van der Waals surface area contributed by atoms with Crippen LogP contribution in [0.5, 0.6) is 0 Å². The number of ether oxygens (including phenoxy) is 1. The molecule has 4 fully saturated rings. The fraction of sp³-hybridized carbons (Fsp3) is 0.857. The summed E-state index contributed by atoms with van der Waals surface area (Å²) in [5.41, 5.74) is 3.22. The Labute approximate surface area is 194 Å². The molecule has 6 atom stereocenters. The number of allylic oxidation sites excluding steroid dienone is 2. The van der Waals surface area contributed by atoms with Gasteiger partial charge in [0.25, 0.3) is 0 Å². The van der Waals surface area contributed by atoms with Crippen molar-refractivity contribution in [1.29, 1.82) is 0 Å². The van der Waals surface area contributed by atoms with Crippen LogP contribution in [0.2, 0.25) is 0 Å². The highest BCUT2D eigenvalue weighted by atomic mass is 16.6. The molecule has 4 heteroatoms. The van der Waals surface area contributed by atoms with Crippen molar-refractivity contribution in [3.05, 3.63) is 11.6 Å². The van der Waals surface area contributed by atoms with Gasteiger partial charge in [-0.3, -0.25) is 4.79 Å². The average molecular weight is 442 g/mol. The lowest BCUT2D eigenvalue weighted by atomic mass is 9.47. The van der Waals surface area contributed by atoms with Crippen molar-refractivity contribution in [2.24, 2.45) is 39.7 Å². The number of fused-ring (bicyclic) bond motifs is 5. The molecule has 0 unspecified atom stereocenters. The summed E-state index contributed by atoms with van der Waals surface area (Å²) in [6, 6.07) is 0. The molecule has 0 heterocycles. The van der Waals surface area contributed by atoms with Gasteiger partial charge in [-0.05, 0) is 93.0 Å². The average Bonchev–Trinajstić information content (AvgIpc) is 3.41. The van der Waals surface area contributed by atoms with Crippen LogP contribution in [0.4, 0.5) is 0 Å². The minimum absolute atomic E-state index is 0.0731. The summed E-state index contributed by atoms with van der Waals surface area (Å²) in [4.78, 5) is 17.8. The number of carbonyl (C=O) groups is 1. The zero-order chi connectivity index (χ0) is 22.3. The molecule has 0 aliphatic heterocycles. The molecular weight excluding hydrogens is 398 g/mol. The van der Waals surface area contributed by atoms with Gasteiger partial charge in [0.05, 0.1) is 5.71 Å². The van der Waals surface area contributed by atoms with E-state index in [-0.39, 0.29) is 17.5 Å². The van der Waals surface area contributed by atoms with Gasteiger partial charge in [-0.25, -0.2) is 0 Å². The van der Waals surface area contributed by atoms with E-state index >= 15 is 0 Å². The normalized spacial score (nSPS) is 42.7. The highest BCUT2D eigenvalue weighted by Crippen LogP contribution is 2.65. The molecule has 0 N–H and O–H groups in total. The van der Waals surface area contributed by atoms with Crippen molar-refractivity contribution in [3.8, 4) is 0 Å². The lowest BCUT2D eigenvalue weighted by Gasteiger charge is -2.58. The molecule has 0 aromatic heterocycles. The predicted octanol–water partition coefficient (Wildman–Crippen LogP) is 6.83. The van der Waals surface area contributed by atoms with Crippen molar-refractivity contribution in [2.75, 3.05) is 7.11 Å². The number of hydrogen-bond acceptors (Lipinski definition) is 4. The third-order valence-electron chi connectivity index (χ3n) is 10.6. The fourth-order valence-corrected chi connectivity index (χ4v) is 8.74. The molecule has 0 spiro atoms. The van der Waals surface area contributed by atoms with Gasteiger partial charge in [0.15, 0.2) is 0 Å². The molecular formula is C28H43NO3. The largest absolute Gasteiger partial charge is 0.462 e. The molecule has 5 aliphatic rings. The van der Waals surface area contributed by atoms with E-state index in [1.54, 1.807) is 12.7 Å². The monoisotopic (exact) mass is 441 g/mol. The molecule has 5 aliphatic carbocycles. The number of hydrogen-bond donors (Lipinski definition) is 0. The summed E-state index contributed by atoms with van der Waals surface area (Å²) in [6.07, 6.45) is 19.0. The fourth-order valence-electron chi connectivity index (χ4n) is 8.74. The van der Waals surface area contributed by atoms with E-state index in [2.05, 4.69) is 25.1 Å². The molecule has 0 saturated heterocycles. The molecule has 178 valence electrons. The first-order valence-corrected chi connectivity index (χ1v) is 13.4. The Kier molecular flexibility index (Phi) is 6.18. The molecule has 0 aromatic rings. The summed E-state index contributed by atoms with van der Waals surface area (Å²) in [5.74, 6) is 3.09. The maximum atomic E-state index is 12.7. The first-order valence-electron chi connectivity index (χ1n) is 13.4. The standard InChI is InChI=1S/C28H43NO3/c1-27-16-14-21(29-31-3)18-20(27)9-10-22-23-11-12-25(28(23,2)17-15-24(22)27)32-26(30)13-8-19-6-4-5-7-19/h18-19,22-25H,4-17H2,1-3H3/b29-21+/t22-,23-,24-,25-,27-,28-/m0/s1. The van der Waals surface area contributed by atoms with Crippen LogP contribution in [0, 0.1) is 34.5 Å². The summed E-state index contributed by atoms with van der Waals surface area (Å²) < 4.78 is 6.22. The summed E-state index contributed by atoms with van der Waals surface area (Å²) in [6.45, 7) is 4.98. The Morgan fingerprint density at radius 2 is 1.84 bits per heavy atom. The van der Waals surface area contributed by atoms with E-state index < -0.39 is 0 Å². The Morgan fingerprint density at radius 1 is 1.03 bits per heavy atom. The van der Waals surface area contributed by atoms with Crippen LogP contribution in [0.25, 0.3) is 0 Å². The van der Waals surface area contributed by atoms with Crippen LogP contribution in [0.1, 0.15) is 104 Å². The second-order valence-electron chi connectivity index (χ2n) is 12.1. The van der Waals surface area contributed by atoms with Gasteiger partial charge in [0, 0.05) is 11.8 Å². The van der Waals surface area contributed by atoms with E-state index in [1.165, 1.54) is 64.2 Å². The summed E-state index contributed by atoms with van der Waals surface area (Å²) >= 11 is 0. The van der Waals surface area contributed by atoms with E-state index in [9.17, 15) is 4.79 Å². The molecule has 0 amide bonds. The summed E-state index contributed by atoms with van der Waals surface area (Å²) in [7, 11) is 1.65. The van der Waals surface area contributed by atoms with Crippen molar-refractivity contribution < 1.29 is 14.4 Å². The first kappa shape index (κ1) is 22.5. The zero-order valence-corrected chi connectivity index (χ0v) is 20.5. The lowest BCUT2D eigenvalue weighted by Crippen LogP contribution is -2.51. The first-order chi connectivity index (χ1) is 15.4. The minimum atomic E-state index is 0.0731. The van der Waals surface area contributed by atoms with Crippen molar-refractivity contribution in [2.45, 2.75) is 110 Å². The smallest absolute Gasteiger partial charge is 0.306 e. The van der Waals surface area contributed by atoms with E-state index in [0.29, 0.717) is 17.8 Å². The maximum absolute atomic E-state index is 12.7. The van der Waals surface area contributed by atoms with Gasteiger partial charge >= 0.3 is 5.97 Å². The summed E-state index contributed by atoms with van der Waals surface area (Å²) in [5, 5.41) is 4.24. The maximum Gasteiger partial charge on any atom is 0.306 e. The Hall–Kier alpha value is -1.32. The Bertz CT molecular complexity index is 782. The molecule has 5 rings (SSSR count). The van der Waals surface area contributed by atoms with Gasteiger partial charge in [-0.2, -0.15) is 0 Å². The second kappa shape index (κ2) is 8.80. The molecule has 4 saturated carbocycles. The number of esters is 1. The highest BCUT2D eigenvalue weighted by molar-refractivity contribution is 5.96. The number of oxime groups is 1. The number of rotatable bonds is 5. The Balaban J connectivity index is 1.25. The highest BCUT2D eigenvalue weighted by Gasteiger charge is 2.59. The van der Waals surface area contributed by atoms with Crippen LogP contribution in [-0.4, -0.2) is 24.9 Å². The van der Waals surface area contributed by atoms with Crippen LogP contribution < -0.4 is 0 Å². The predicted molar refractivity (Wildman–Crippen MR) is 127 cm³/mol. The third-order valence-corrected chi connectivity index (χ3v) is 10.6. The third kappa shape index (κ3) is 3.84. The number of nitrogens with zero attached hydrogens (tertiary/aromatic N) is 1. The zero-order valence-electron chi connectivity index (χ0n) is 20.5. The molecule has 0 radical (unpaired) electrons. The van der Waals surface area contributed by atoms with E-state index in [1.807, 2.05) is 0 Å². The van der Waals surface area contributed by atoms with Crippen molar-refractivity contribution in [1.82, 2.24) is 0 Å². The molecule has 0 bridgehead atoms. The van der Waals surface area contributed by atoms with Gasteiger partial charge in [-0.15, -0.1) is 0 Å². The van der Waals surface area contributed by atoms with Gasteiger partial charge in [-0.1, -0.05) is 50.3 Å². The topological polar surface area (TPSA) is 47.9 Å². The lowest BCUT2D eigenvalue weighted by molar-refractivity contribution is -0.160. The van der Waals surface area contributed by atoms with Gasteiger partial charge < -0.3 is 9.57 Å². The molecule has 4 nitrogen and oxygen atoms in total. The van der Waals surface area contributed by atoms with Crippen molar-refractivity contribution in [3.63, 3.8) is 0 Å². The van der Waals surface area contributed by atoms with Crippen LogP contribution >= 0.6 is 0 Å². The van der Waals surface area contributed by atoms with Gasteiger partial charge in [0.1, 0.15) is 13.2 Å². The second-order valence-corrected chi connectivity index (χ2v) is 12.1. The van der Waals surface area contributed by atoms with Gasteiger partial charge in [0.2, 0.25) is 0 Å². The van der Waals surface area contributed by atoms with E-state index in [4.69, 9.17) is 9.57 Å². The minimum Gasteiger partial charge on any atom is -0.462 e. The van der Waals surface area contributed by atoms with E-state index in [0.717, 1.165) is 42.7 Å². The van der Waals surface area contributed by atoms with Crippen LogP contribution in [0.3, 0.4) is 0 Å². The SMILES string of the molecule is CO/N=C1/C=C2CC[C@H]3[C@@H]4CC[C@H](OC(=O)CCC5CCCC5)[C@@]4(C)CC[C@@H]3[C@@]2(C)CC1. The van der Waals surface area contributed by atoms with Crippen LogP contribution in [0.15, 0.2) is 16.8 Å². The number of carbonyl (C=O) groups excluding carboxylic acids is 1. The molecule has 32 heavy (non-hydrogen) atoms. The van der Waals surface area contributed by atoms with Crippen molar-refractivity contribution >= 4 is 11.7 Å². The van der Waals surface area contributed by atoms with Crippen LogP contribution in [-0.2, 0) is 14.4 Å². The Morgan fingerprint density at radius 3 is 2.62 bits per heavy atom. The quantitative estimate of drug-likeness (QED) is 0.347. The molecule has 0 aromatic carbocycles.